The summed E-state index contributed by atoms with van der Waals surface area (Å²) in [5.74, 6) is 0. The van der Waals surface area contributed by atoms with Crippen LogP contribution in [-0.4, -0.2) is 38.1 Å². The summed E-state index contributed by atoms with van der Waals surface area (Å²) in [6, 6.07) is 0. The van der Waals surface area contributed by atoms with Gasteiger partial charge in [-0.3, -0.25) is 0 Å². The van der Waals surface area contributed by atoms with Gasteiger partial charge in [-0.1, -0.05) is 0 Å². The lowest BCUT2D eigenvalue weighted by atomic mass is 10.3. The first-order chi connectivity index (χ1) is 5.91. The predicted octanol–water partition coefficient (Wildman–Crippen LogP) is 1.20. The Morgan fingerprint density at radius 2 is 1.50 bits per heavy atom. The smallest absolute Gasteiger partial charge is 0.0487 e. The zero-order valence-corrected chi connectivity index (χ0v) is 7.92. The van der Waals surface area contributed by atoms with Crippen LogP contribution in [0.25, 0.3) is 0 Å². The van der Waals surface area contributed by atoms with Crippen LogP contribution < -0.4 is 0 Å². The molecule has 0 aliphatic carbocycles. The first kappa shape index (κ1) is 11.9. The van der Waals surface area contributed by atoms with Crippen LogP contribution in [0.4, 0.5) is 0 Å². The van der Waals surface area contributed by atoms with E-state index in [0.29, 0.717) is 6.61 Å². The number of hydrogen-bond acceptors (Lipinski definition) is 3. The highest BCUT2D eigenvalue weighted by atomic mass is 16.5. The molecule has 3 heteroatoms. The van der Waals surface area contributed by atoms with Gasteiger partial charge in [0.25, 0.3) is 0 Å². The van der Waals surface area contributed by atoms with Gasteiger partial charge in [0.15, 0.2) is 0 Å². The SMILES string of the molecule is CCOCCCCOCCCO. The Hall–Kier alpha value is -0.120. The summed E-state index contributed by atoms with van der Waals surface area (Å²) in [6.45, 7) is 5.31. The topological polar surface area (TPSA) is 38.7 Å². The third kappa shape index (κ3) is 9.88. The van der Waals surface area contributed by atoms with Crippen molar-refractivity contribution in [2.24, 2.45) is 0 Å². The number of aliphatic hydroxyl groups is 1. The molecule has 0 radical (unpaired) electrons. The van der Waals surface area contributed by atoms with Crippen LogP contribution in [0.2, 0.25) is 0 Å². The third-order valence-electron chi connectivity index (χ3n) is 1.48. The van der Waals surface area contributed by atoms with Crippen LogP contribution in [-0.2, 0) is 9.47 Å². The van der Waals surface area contributed by atoms with Crippen LogP contribution in [0.15, 0.2) is 0 Å². The molecule has 0 unspecified atom stereocenters. The van der Waals surface area contributed by atoms with Crippen molar-refractivity contribution in [3.05, 3.63) is 0 Å². The summed E-state index contributed by atoms with van der Waals surface area (Å²) < 4.78 is 10.4. The zero-order chi connectivity index (χ0) is 9.07. The minimum absolute atomic E-state index is 0.221. The lowest BCUT2D eigenvalue weighted by Crippen LogP contribution is -2.01. The Morgan fingerprint density at radius 1 is 0.917 bits per heavy atom. The Balaban J connectivity index is 2.73. The van der Waals surface area contributed by atoms with Gasteiger partial charge in [0.05, 0.1) is 0 Å². The van der Waals surface area contributed by atoms with Crippen molar-refractivity contribution in [1.29, 1.82) is 0 Å². The van der Waals surface area contributed by atoms with E-state index in [0.717, 1.165) is 39.1 Å². The molecule has 0 aromatic heterocycles. The van der Waals surface area contributed by atoms with Gasteiger partial charge in [-0.15, -0.1) is 0 Å². The highest BCUT2D eigenvalue weighted by molar-refractivity contribution is 4.38. The Morgan fingerprint density at radius 3 is 2.08 bits per heavy atom. The fourth-order valence-corrected chi connectivity index (χ4v) is 0.821. The van der Waals surface area contributed by atoms with E-state index in [1.165, 1.54) is 0 Å². The first-order valence-electron chi connectivity index (χ1n) is 4.68. The highest BCUT2D eigenvalue weighted by Crippen LogP contribution is 1.92. The van der Waals surface area contributed by atoms with E-state index in [1.54, 1.807) is 0 Å². The van der Waals surface area contributed by atoms with Crippen molar-refractivity contribution >= 4 is 0 Å². The average molecular weight is 176 g/mol. The third-order valence-corrected chi connectivity index (χ3v) is 1.48. The molecule has 0 aliphatic heterocycles. The summed E-state index contributed by atoms with van der Waals surface area (Å²) in [5, 5.41) is 8.44. The molecule has 0 aliphatic rings. The molecule has 0 aromatic rings. The van der Waals surface area contributed by atoms with Crippen LogP contribution >= 0.6 is 0 Å². The maximum absolute atomic E-state index is 8.44. The number of rotatable bonds is 9. The summed E-state index contributed by atoms with van der Waals surface area (Å²) in [5.41, 5.74) is 0. The minimum Gasteiger partial charge on any atom is -0.396 e. The van der Waals surface area contributed by atoms with E-state index in [2.05, 4.69) is 0 Å². The van der Waals surface area contributed by atoms with Gasteiger partial charge in [0, 0.05) is 33.0 Å². The maximum Gasteiger partial charge on any atom is 0.0487 e. The van der Waals surface area contributed by atoms with E-state index in [-0.39, 0.29) is 6.61 Å². The molecule has 3 nitrogen and oxygen atoms in total. The van der Waals surface area contributed by atoms with E-state index < -0.39 is 0 Å². The maximum atomic E-state index is 8.44. The number of aliphatic hydroxyl groups excluding tert-OH is 1. The van der Waals surface area contributed by atoms with E-state index in [1.807, 2.05) is 6.92 Å². The number of ether oxygens (including phenoxy) is 2. The molecule has 0 amide bonds. The second-order valence-electron chi connectivity index (χ2n) is 2.59. The lowest BCUT2D eigenvalue weighted by molar-refractivity contribution is 0.0980. The van der Waals surface area contributed by atoms with Crippen molar-refractivity contribution < 1.29 is 14.6 Å². The van der Waals surface area contributed by atoms with Crippen molar-refractivity contribution in [2.75, 3.05) is 33.0 Å². The molecule has 74 valence electrons. The lowest BCUT2D eigenvalue weighted by Gasteiger charge is -2.02. The highest BCUT2D eigenvalue weighted by Gasteiger charge is 1.89. The Labute approximate surface area is 74.7 Å². The van der Waals surface area contributed by atoms with Crippen molar-refractivity contribution in [3.63, 3.8) is 0 Å². The van der Waals surface area contributed by atoms with Crippen LogP contribution in [0.3, 0.4) is 0 Å². The standard InChI is InChI=1S/C9H20O3/c1-2-11-7-3-4-8-12-9-5-6-10/h10H,2-9H2,1H3. The van der Waals surface area contributed by atoms with Crippen molar-refractivity contribution in [2.45, 2.75) is 26.2 Å². The summed E-state index contributed by atoms with van der Waals surface area (Å²) in [6.07, 6.45) is 2.85. The molecule has 0 heterocycles. The summed E-state index contributed by atoms with van der Waals surface area (Å²) in [4.78, 5) is 0. The molecule has 0 aromatic carbocycles. The van der Waals surface area contributed by atoms with Crippen molar-refractivity contribution in [3.8, 4) is 0 Å². The van der Waals surface area contributed by atoms with E-state index in [4.69, 9.17) is 14.6 Å². The van der Waals surface area contributed by atoms with Gasteiger partial charge in [-0.2, -0.15) is 0 Å². The first-order valence-corrected chi connectivity index (χ1v) is 4.68. The normalized spacial score (nSPS) is 10.5. The van der Waals surface area contributed by atoms with Crippen molar-refractivity contribution in [1.82, 2.24) is 0 Å². The molecular formula is C9H20O3. The van der Waals surface area contributed by atoms with E-state index >= 15 is 0 Å². The second kappa shape index (κ2) is 10.9. The summed E-state index contributed by atoms with van der Waals surface area (Å²) in [7, 11) is 0. The largest absolute Gasteiger partial charge is 0.396 e. The fourth-order valence-electron chi connectivity index (χ4n) is 0.821. The van der Waals surface area contributed by atoms with Crippen LogP contribution in [0.5, 0.6) is 0 Å². The quantitative estimate of drug-likeness (QED) is 0.536. The molecule has 12 heavy (non-hydrogen) atoms. The molecule has 0 rings (SSSR count). The molecule has 0 saturated heterocycles. The van der Waals surface area contributed by atoms with Gasteiger partial charge < -0.3 is 14.6 Å². The van der Waals surface area contributed by atoms with E-state index in [9.17, 15) is 0 Å². The molecule has 0 fully saturated rings. The van der Waals surface area contributed by atoms with Crippen LogP contribution in [0, 0.1) is 0 Å². The molecule has 0 spiro atoms. The minimum atomic E-state index is 0.221. The molecule has 0 bridgehead atoms. The predicted molar refractivity (Wildman–Crippen MR) is 48.2 cm³/mol. The molecule has 0 atom stereocenters. The number of unbranched alkanes of at least 4 members (excludes halogenated alkanes) is 1. The fraction of sp³-hybridized carbons (Fsp3) is 1.00. The van der Waals surface area contributed by atoms with Gasteiger partial charge in [-0.25, -0.2) is 0 Å². The van der Waals surface area contributed by atoms with Gasteiger partial charge in [-0.05, 0) is 26.2 Å². The van der Waals surface area contributed by atoms with Gasteiger partial charge in [0.1, 0.15) is 0 Å². The average Bonchev–Trinajstić information content (AvgIpc) is 2.10. The molecule has 0 saturated carbocycles. The second-order valence-corrected chi connectivity index (χ2v) is 2.59. The Kier molecular flexibility index (Phi) is 10.8. The zero-order valence-electron chi connectivity index (χ0n) is 7.92. The van der Waals surface area contributed by atoms with Crippen LogP contribution in [0.1, 0.15) is 26.2 Å². The molecular weight excluding hydrogens is 156 g/mol. The van der Waals surface area contributed by atoms with Gasteiger partial charge >= 0.3 is 0 Å². The van der Waals surface area contributed by atoms with Gasteiger partial charge in [0.2, 0.25) is 0 Å². The summed E-state index contributed by atoms with van der Waals surface area (Å²) >= 11 is 0. The molecule has 1 N–H and O–H groups in total. The number of hydrogen-bond donors (Lipinski definition) is 1. The Bertz CT molecular complexity index is 66.2. The monoisotopic (exact) mass is 176 g/mol.